The predicted octanol–water partition coefficient (Wildman–Crippen LogP) is 0.480. The zero-order chi connectivity index (χ0) is 13.0. The van der Waals surface area contributed by atoms with E-state index in [9.17, 15) is 4.79 Å². The minimum absolute atomic E-state index is 0.111. The quantitative estimate of drug-likeness (QED) is 0.818. The summed E-state index contributed by atoms with van der Waals surface area (Å²) in [5.41, 5.74) is 0. The highest BCUT2D eigenvalue weighted by Gasteiger charge is 2.24. The molecule has 7 nitrogen and oxygen atoms in total. The van der Waals surface area contributed by atoms with E-state index in [0.29, 0.717) is 31.2 Å². The van der Waals surface area contributed by atoms with Crippen molar-refractivity contribution >= 4 is 5.97 Å². The number of ether oxygens (including phenoxy) is 1. The van der Waals surface area contributed by atoms with Crippen LogP contribution in [0.3, 0.4) is 0 Å². The number of nitrogens with zero attached hydrogens (tertiary/aromatic N) is 3. The van der Waals surface area contributed by atoms with Gasteiger partial charge in [-0.15, -0.1) is 0 Å². The fourth-order valence-electron chi connectivity index (χ4n) is 1.83. The van der Waals surface area contributed by atoms with Crippen LogP contribution in [0.1, 0.15) is 30.7 Å². The van der Waals surface area contributed by atoms with E-state index in [1.165, 1.54) is 0 Å². The van der Waals surface area contributed by atoms with E-state index in [0.717, 1.165) is 13.1 Å². The summed E-state index contributed by atoms with van der Waals surface area (Å²) < 4.78 is 10.7. The van der Waals surface area contributed by atoms with Gasteiger partial charge in [0.25, 0.3) is 0 Å². The molecule has 0 radical (unpaired) electrons. The third-order valence-corrected chi connectivity index (χ3v) is 2.82. The molecule has 2 heterocycles. The monoisotopic (exact) mass is 255 g/mol. The SMILES string of the molecule is CN1CCOC(c2noc(CCCC(=O)O)n2)C1. The Hall–Kier alpha value is -1.47. The highest BCUT2D eigenvalue weighted by atomic mass is 16.5. The van der Waals surface area contributed by atoms with E-state index < -0.39 is 5.97 Å². The van der Waals surface area contributed by atoms with Crippen molar-refractivity contribution in [3.05, 3.63) is 11.7 Å². The molecular formula is C11H17N3O4. The van der Waals surface area contributed by atoms with Crippen LogP contribution in [0.5, 0.6) is 0 Å². The van der Waals surface area contributed by atoms with E-state index in [2.05, 4.69) is 15.0 Å². The number of carboxylic acid groups (broad SMARTS) is 1. The van der Waals surface area contributed by atoms with Crippen LogP contribution in [0.25, 0.3) is 0 Å². The number of carbonyl (C=O) groups is 1. The molecule has 1 aliphatic rings. The lowest BCUT2D eigenvalue weighted by atomic mass is 10.2. The first kappa shape index (κ1) is 13.0. The Morgan fingerprint density at radius 3 is 3.17 bits per heavy atom. The molecule has 2 rings (SSSR count). The highest BCUT2D eigenvalue weighted by Crippen LogP contribution is 2.19. The topological polar surface area (TPSA) is 88.7 Å². The number of morpholine rings is 1. The summed E-state index contributed by atoms with van der Waals surface area (Å²) in [7, 11) is 2.02. The lowest BCUT2D eigenvalue weighted by Gasteiger charge is -2.27. The molecular weight excluding hydrogens is 238 g/mol. The van der Waals surface area contributed by atoms with Gasteiger partial charge in [-0.05, 0) is 13.5 Å². The number of aryl methyl sites for hydroxylation is 1. The molecule has 1 atom stereocenters. The molecule has 100 valence electrons. The third kappa shape index (κ3) is 3.51. The van der Waals surface area contributed by atoms with E-state index in [4.69, 9.17) is 14.4 Å². The van der Waals surface area contributed by atoms with Crippen molar-refractivity contribution in [2.24, 2.45) is 0 Å². The first-order chi connectivity index (χ1) is 8.65. The normalized spacial score (nSPS) is 21.1. The summed E-state index contributed by atoms with van der Waals surface area (Å²) in [6, 6.07) is 0. The number of aromatic nitrogens is 2. The molecule has 1 aliphatic heterocycles. The van der Waals surface area contributed by atoms with Gasteiger partial charge in [0.05, 0.1) is 6.61 Å². The molecule has 0 aromatic carbocycles. The molecule has 1 N–H and O–H groups in total. The van der Waals surface area contributed by atoms with Gasteiger partial charge in [0, 0.05) is 25.9 Å². The van der Waals surface area contributed by atoms with Gasteiger partial charge in [0.2, 0.25) is 11.7 Å². The van der Waals surface area contributed by atoms with Crippen LogP contribution in [-0.4, -0.2) is 52.9 Å². The molecule has 0 amide bonds. The summed E-state index contributed by atoms with van der Waals surface area (Å²) in [6.45, 7) is 2.30. The van der Waals surface area contributed by atoms with Crippen molar-refractivity contribution in [1.29, 1.82) is 0 Å². The maximum absolute atomic E-state index is 10.4. The van der Waals surface area contributed by atoms with Crippen LogP contribution in [0.15, 0.2) is 4.52 Å². The number of carboxylic acids is 1. The van der Waals surface area contributed by atoms with Crippen LogP contribution >= 0.6 is 0 Å². The molecule has 0 bridgehead atoms. The van der Waals surface area contributed by atoms with Crippen LogP contribution in [0.2, 0.25) is 0 Å². The van der Waals surface area contributed by atoms with Crippen molar-refractivity contribution in [3.8, 4) is 0 Å². The van der Waals surface area contributed by atoms with E-state index >= 15 is 0 Å². The summed E-state index contributed by atoms with van der Waals surface area (Å²) >= 11 is 0. The smallest absolute Gasteiger partial charge is 0.303 e. The number of hydrogen-bond acceptors (Lipinski definition) is 6. The van der Waals surface area contributed by atoms with Crippen LogP contribution in [0, 0.1) is 0 Å². The molecule has 1 fully saturated rings. The van der Waals surface area contributed by atoms with Crippen molar-refractivity contribution in [2.45, 2.75) is 25.4 Å². The van der Waals surface area contributed by atoms with Gasteiger partial charge >= 0.3 is 5.97 Å². The van der Waals surface area contributed by atoms with E-state index in [1.807, 2.05) is 7.05 Å². The Balaban J connectivity index is 1.87. The Labute approximate surface area is 105 Å². The van der Waals surface area contributed by atoms with Crippen LogP contribution < -0.4 is 0 Å². The van der Waals surface area contributed by atoms with Crippen LogP contribution in [0.4, 0.5) is 0 Å². The minimum Gasteiger partial charge on any atom is -0.481 e. The average Bonchev–Trinajstić information content (AvgIpc) is 2.77. The number of hydrogen-bond donors (Lipinski definition) is 1. The maximum Gasteiger partial charge on any atom is 0.303 e. The third-order valence-electron chi connectivity index (χ3n) is 2.82. The predicted molar refractivity (Wildman–Crippen MR) is 61.1 cm³/mol. The average molecular weight is 255 g/mol. The molecule has 1 saturated heterocycles. The largest absolute Gasteiger partial charge is 0.481 e. The molecule has 7 heteroatoms. The maximum atomic E-state index is 10.4. The zero-order valence-corrected chi connectivity index (χ0v) is 10.3. The Kier molecular flexibility index (Phi) is 4.27. The van der Waals surface area contributed by atoms with Gasteiger partial charge in [-0.25, -0.2) is 0 Å². The lowest BCUT2D eigenvalue weighted by molar-refractivity contribution is -0.137. The molecule has 0 saturated carbocycles. The van der Waals surface area contributed by atoms with Crippen LogP contribution in [-0.2, 0) is 16.0 Å². The van der Waals surface area contributed by atoms with E-state index in [-0.39, 0.29) is 12.5 Å². The lowest BCUT2D eigenvalue weighted by Crippen LogP contribution is -2.35. The van der Waals surface area contributed by atoms with Gasteiger partial charge in [-0.1, -0.05) is 5.16 Å². The second kappa shape index (κ2) is 5.92. The van der Waals surface area contributed by atoms with Crippen molar-refractivity contribution < 1.29 is 19.2 Å². The van der Waals surface area contributed by atoms with Gasteiger partial charge in [-0.2, -0.15) is 4.98 Å². The minimum atomic E-state index is -0.813. The van der Waals surface area contributed by atoms with Crippen molar-refractivity contribution in [1.82, 2.24) is 15.0 Å². The Bertz CT molecular complexity index is 407. The van der Waals surface area contributed by atoms with Gasteiger partial charge in [-0.3, -0.25) is 4.79 Å². The zero-order valence-electron chi connectivity index (χ0n) is 10.3. The first-order valence-corrected chi connectivity index (χ1v) is 5.99. The van der Waals surface area contributed by atoms with Gasteiger partial charge in [0.15, 0.2) is 0 Å². The summed E-state index contributed by atoms with van der Waals surface area (Å²) in [4.78, 5) is 16.8. The fraction of sp³-hybridized carbons (Fsp3) is 0.727. The van der Waals surface area contributed by atoms with Gasteiger partial charge < -0.3 is 19.3 Å². The summed E-state index contributed by atoms with van der Waals surface area (Å²) in [5.74, 6) is 0.210. The fourth-order valence-corrected chi connectivity index (χ4v) is 1.83. The Morgan fingerprint density at radius 2 is 2.44 bits per heavy atom. The molecule has 1 aromatic rings. The van der Waals surface area contributed by atoms with Crippen molar-refractivity contribution in [3.63, 3.8) is 0 Å². The molecule has 1 aromatic heterocycles. The Morgan fingerprint density at radius 1 is 1.61 bits per heavy atom. The molecule has 0 spiro atoms. The number of rotatable bonds is 5. The number of aliphatic carboxylic acids is 1. The second-order valence-corrected chi connectivity index (χ2v) is 4.42. The summed E-state index contributed by atoms with van der Waals surface area (Å²) in [5, 5.41) is 12.4. The second-order valence-electron chi connectivity index (χ2n) is 4.42. The standard InChI is InChI=1S/C11H17N3O4/c1-14-5-6-17-8(7-14)11-12-9(18-13-11)3-2-4-10(15)16/h8H,2-7H2,1H3,(H,15,16). The van der Waals surface area contributed by atoms with Crippen molar-refractivity contribution in [2.75, 3.05) is 26.7 Å². The number of likely N-dealkylation sites (N-methyl/N-ethyl adjacent to an activating group) is 1. The highest BCUT2D eigenvalue weighted by molar-refractivity contribution is 5.66. The first-order valence-electron chi connectivity index (χ1n) is 5.99. The van der Waals surface area contributed by atoms with Gasteiger partial charge in [0.1, 0.15) is 6.10 Å². The molecule has 0 aliphatic carbocycles. The summed E-state index contributed by atoms with van der Waals surface area (Å²) in [6.07, 6.45) is 0.950. The molecule has 1 unspecified atom stereocenters. The van der Waals surface area contributed by atoms with E-state index in [1.54, 1.807) is 0 Å². The molecule has 18 heavy (non-hydrogen) atoms.